The van der Waals surface area contributed by atoms with E-state index in [1.165, 1.54) is 19.3 Å². The number of ketones is 1. The third-order valence-electron chi connectivity index (χ3n) is 3.65. The summed E-state index contributed by atoms with van der Waals surface area (Å²) in [6.45, 7) is 2.97. The highest BCUT2D eigenvalue weighted by molar-refractivity contribution is 5.81. The van der Waals surface area contributed by atoms with E-state index in [2.05, 4.69) is 6.92 Å². The summed E-state index contributed by atoms with van der Waals surface area (Å²) in [7, 11) is 1.69. The predicted molar refractivity (Wildman–Crippen MR) is 61.9 cm³/mol. The summed E-state index contributed by atoms with van der Waals surface area (Å²) in [5.74, 6) is 1.72. The third kappa shape index (κ3) is 4.33. The zero-order valence-electron chi connectivity index (χ0n) is 10.1. The van der Waals surface area contributed by atoms with Gasteiger partial charge < -0.3 is 4.74 Å². The number of methoxy groups -OCH3 is 1. The predicted octanol–water partition coefficient (Wildman–Crippen LogP) is 3.20. The van der Waals surface area contributed by atoms with Crippen molar-refractivity contribution in [2.75, 3.05) is 13.7 Å². The number of hydrogen-bond donors (Lipinski definition) is 0. The molecule has 2 heteroatoms. The van der Waals surface area contributed by atoms with Gasteiger partial charge in [-0.15, -0.1) is 0 Å². The maximum atomic E-state index is 11.8. The van der Waals surface area contributed by atoms with Crippen LogP contribution in [-0.4, -0.2) is 19.5 Å². The summed E-state index contributed by atoms with van der Waals surface area (Å²) in [5.41, 5.74) is 0. The van der Waals surface area contributed by atoms with Crippen LogP contribution in [0.4, 0.5) is 0 Å². The second-order valence-corrected chi connectivity index (χ2v) is 4.69. The van der Waals surface area contributed by atoms with E-state index in [9.17, 15) is 4.79 Å². The smallest absolute Gasteiger partial charge is 0.136 e. The molecule has 1 aliphatic rings. The van der Waals surface area contributed by atoms with E-state index >= 15 is 0 Å². The molecule has 0 aliphatic heterocycles. The molecule has 0 radical (unpaired) electrons. The summed E-state index contributed by atoms with van der Waals surface area (Å²) in [6.07, 6.45) is 7.67. The van der Waals surface area contributed by atoms with Gasteiger partial charge in [-0.1, -0.05) is 13.3 Å². The van der Waals surface area contributed by atoms with Crippen molar-refractivity contribution in [3.63, 3.8) is 0 Å². The highest BCUT2D eigenvalue weighted by Crippen LogP contribution is 2.31. The maximum absolute atomic E-state index is 11.8. The van der Waals surface area contributed by atoms with E-state index in [0.29, 0.717) is 11.7 Å². The first-order chi connectivity index (χ1) is 7.27. The molecule has 0 N–H and O–H groups in total. The zero-order chi connectivity index (χ0) is 11.1. The van der Waals surface area contributed by atoms with Crippen LogP contribution in [0, 0.1) is 11.8 Å². The number of carbonyl (C=O) groups excluding carboxylic acids is 1. The first kappa shape index (κ1) is 12.7. The van der Waals surface area contributed by atoms with Crippen LogP contribution in [0.1, 0.15) is 51.9 Å². The first-order valence-corrected chi connectivity index (χ1v) is 6.29. The molecular weight excluding hydrogens is 188 g/mol. The quantitative estimate of drug-likeness (QED) is 0.632. The highest BCUT2D eigenvalue weighted by Gasteiger charge is 2.24. The fourth-order valence-electron chi connectivity index (χ4n) is 2.49. The van der Waals surface area contributed by atoms with Crippen molar-refractivity contribution < 1.29 is 9.53 Å². The van der Waals surface area contributed by atoms with Gasteiger partial charge in [0.2, 0.25) is 0 Å². The molecule has 1 fully saturated rings. The largest absolute Gasteiger partial charge is 0.385 e. The Balaban J connectivity index is 2.18. The molecule has 1 aliphatic carbocycles. The Morgan fingerprint density at radius 3 is 2.47 bits per heavy atom. The minimum atomic E-state index is 0.365. The molecule has 88 valence electrons. The number of Topliss-reactive ketones (excluding diaryl/α,β-unsaturated/α-hetero) is 1. The lowest BCUT2D eigenvalue weighted by molar-refractivity contribution is -0.124. The fourth-order valence-corrected chi connectivity index (χ4v) is 2.49. The monoisotopic (exact) mass is 212 g/mol. The van der Waals surface area contributed by atoms with Crippen molar-refractivity contribution in [2.24, 2.45) is 11.8 Å². The lowest BCUT2D eigenvalue weighted by Gasteiger charge is -2.26. The molecule has 0 bridgehead atoms. The van der Waals surface area contributed by atoms with E-state index in [0.717, 1.165) is 38.2 Å². The second-order valence-electron chi connectivity index (χ2n) is 4.69. The lowest BCUT2D eigenvalue weighted by Crippen LogP contribution is -2.21. The number of ether oxygens (including phenoxy) is 1. The molecule has 0 amide bonds. The average Bonchev–Trinajstić information content (AvgIpc) is 2.29. The Morgan fingerprint density at radius 2 is 1.93 bits per heavy atom. The third-order valence-corrected chi connectivity index (χ3v) is 3.65. The number of carbonyl (C=O) groups is 1. The molecule has 15 heavy (non-hydrogen) atoms. The summed E-state index contributed by atoms with van der Waals surface area (Å²) in [4.78, 5) is 11.8. The fraction of sp³-hybridized carbons (Fsp3) is 0.923. The average molecular weight is 212 g/mol. The Labute approximate surface area is 93.4 Å². The van der Waals surface area contributed by atoms with E-state index in [1.807, 2.05) is 0 Å². The number of hydrogen-bond acceptors (Lipinski definition) is 2. The van der Waals surface area contributed by atoms with Gasteiger partial charge in [0, 0.05) is 26.1 Å². The van der Waals surface area contributed by atoms with Gasteiger partial charge in [0.25, 0.3) is 0 Å². The second kappa shape index (κ2) is 7.00. The molecule has 0 aromatic rings. The van der Waals surface area contributed by atoms with Gasteiger partial charge in [-0.2, -0.15) is 0 Å². The molecule has 0 heterocycles. The minimum Gasteiger partial charge on any atom is -0.385 e. The first-order valence-electron chi connectivity index (χ1n) is 6.29. The van der Waals surface area contributed by atoms with Gasteiger partial charge in [-0.25, -0.2) is 0 Å². The van der Waals surface area contributed by atoms with Crippen LogP contribution in [0.2, 0.25) is 0 Å². The van der Waals surface area contributed by atoms with Gasteiger partial charge in [-0.05, 0) is 38.0 Å². The molecule has 0 saturated heterocycles. The summed E-state index contributed by atoms with van der Waals surface area (Å²) < 4.78 is 4.96. The Bertz CT molecular complexity index is 181. The Hall–Kier alpha value is -0.370. The molecular formula is C13H24O2. The Kier molecular flexibility index (Phi) is 5.92. The van der Waals surface area contributed by atoms with E-state index in [-0.39, 0.29) is 0 Å². The molecule has 2 nitrogen and oxygen atoms in total. The summed E-state index contributed by atoms with van der Waals surface area (Å²) >= 11 is 0. The van der Waals surface area contributed by atoms with Gasteiger partial charge in [0.1, 0.15) is 5.78 Å². The van der Waals surface area contributed by atoms with Crippen LogP contribution in [0.3, 0.4) is 0 Å². The van der Waals surface area contributed by atoms with Crippen molar-refractivity contribution in [3.8, 4) is 0 Å². The van der Waals surface area contributed by atoms with Crippen LogP contribution in [0.25, 0.3) is 0 Å². The van der Waals surface area contributed by atoms with Gasteiger partial charge in [-0.3, -0.25) is 4.79 Å². The van der Waals surface area contributed by atoms with Crippen molar-refractivity contribution in [1.29, 1.82) is 0 Å². The highest BCUT2D eigenvalue weighted by atomic mass is 16.5. The minimum absolute atomic E-state index is 0.365. The summed E-state index contributed by atoms with van der Waals surface area (Å²) in [6, 6.07) is 0. The topological polar surface area (TPSA) is 26.3 Å². The molecule has 0 spiro atoms. The molecule has 1 rings (SSSR count). The van der Waals surface area contributed by atoms with Crippen molar-refractivity contribution >= 4 is 5.78 Å². The lowest BCUT2D eigenvalue weighted by atomic mass is 9.78. The molecule has 1 saturated carbocycles. The van der Waals surface area contributed by atoms with Crippen molar-refractivity contribution in [1.82, 2.24) is 0 Å². The summed E-state index contributed by atoms with van der Waals surface area (Å²) in [5, 5.41) is 0. The van der Waals surface area contributed by atoms with Crippen LogP contribution < -0.4 is 0 Å². The van der Waals surface area contributed by atoms with Crippen LogP contribution >= 0.6 is 0 Å². The van der Waals surface area contributed by atoms with E-state index in [4.69, 9.17) is 4.74 Å². The number of rotatable bonds is 6. The Morgan fingerprint density at radius 1 is 1.27 bits per heavy atom. The molecule has 0 atom stereocenters. The van der Waals surface area contributed by atoms with Gasteiger partial charge in [0.05, 0.1) is 0 Å². The van der Waals surface area contributed by atoms with Crippen LogP contribution in [-0.2, 0) is 9.53 Å². The van der Waals surface area contributed by atoms with E-state index in [1.54, 1.807) is 7.11 Å². The van der Waals surface area contributed by atoms with Gasteiger partial charge in [0.15, 0.2) is 0 Å². The van der Waals surface area contributed by atoms with Crippen LogP contribution in [0.15, 0.2) is 0 Å². The van der Waals surface area contributed by atoms with Crippen LogP contribution in [0.5, 0.6) is 0 Å². The zero-order valence-corrected chi connectivity index (χ0v) is 10.1. The maximum Gasteiger partial charge on any atom is 0.136 e. The standard InChI is InChI=1S/C13H24O2/c1-3-11-6-8-12(9-7-11)13(14)5-4-10-15-2/h11-12H,3-10H2,1-2H3. The van der Waals surface area contributed by atoms with Crippen molar-refractivity contribution in [3.05, 3.63) is 0 Å². The normalized spacial score (nSPS) is 26.5. The molecule has 0 aromatic carbocycles. The molecule has 0 unspecified atom stereocenters. The van der Waals surface area contributed by atoms with E-state index < -0.39 is 0 Å². The van der Waals surface area contributed by atoms with Crippen molar-refractivity contribution in [2.45, 2.75) is 51.9 Å². The SMILES string of the molecule is CCC1CCC(C(=O)CCCOC)CC1. The van der Waals surface area contributed by atoms with Gasteiger partial charge >= 0.3 is 0 Å². The molecule has 0 aromatic heterocycles.